The fourth-order valence-electron chi connectivity index (χ4n) is 1.38. The van der Waals surface area contributed by atoms with Crippen LogP contribution in [-0.4, -0.2) is 0 Å². The van der Waals surface area contributed by atoms with Gasteiger partial charge in [-0.1, -0.05) is 37.0 Å². The predicted octanol–water partition coefficient (Wildman–Crippen LogP) is 4.15. The molecule has 0 unspecified atom stereocenters. The van der Waals surface area contributed by atoms with Gasteiger partial charge in [0.1, 0.15) is 5.82 Å². The van der Waals surface area contributed by atoms with Gasteiger partial charge in [0, 0.05) is 11.1 Å². The maximum Gasteiger partial charge on any atom is 0.146 e. The molecule has 0 radical (unpaired) electrons. The molecule has 78 valence electrons. The van der Waals surface area contributed by atoms with Crippen LogP contribution in [0.1, 0.15) is 30.9 Å². The highest BCUT2D eigenvalue weighted by Crippen LogP contribution is 2.39. The van der Waals surface area contributed by atoms with E-state index in [2.05, 4.69) is 0 Å². The van der Waals surface area contributed by atoms with Crippen molar-refractivity contribution in [3.63, 3.8) is 0 Å². The normalized spacial score (nSPS) is 11.1. The molecule has 0 heterocycles. The Hall–Kier alpha value is -0.470. The van der Waals surface area contributed by atoms with E-state index in [0.29, 0.717) is 16.8 Å². The van der Waals surface area contributed by atoms with Gasteiger partial charge in [0.2, 0.25) is 0 Å². The lowest BCUT2D eigenvalue weighted by Gasteiger charge is -2.15. The standard InChI is InChI=1S/C10H12Cl2FN/c1-4(2)6-8(12)9(13)5(3)7(11)10(6)14/h4H,14H2,1-3H3. The SMILES string of the molecule is Cc1c(F)c(Cl)c(C(C)C)c(N)c1Cl. The monoisotopic (exact) mass is 235 g/mol. The average molecular weight is 236 g/mol. The minimum absolute atomic E-state index is 0.0510. The first-order chi connectivity index (χ1) is 6.37. The summed E-state index contributed by atoms with van der Waals surface area (Å²) in [5.74, 6) is -0.426. The Kier molecular flexibility index (Phi) is 3.28. The highest BCUT2D eigenvalue weighted by molar-refractivity contribution is 6.36. The van der Waals surface area contributed by atoms with Gasteiger partial charge in [-0.3, -0.25) is 0 Å². The van der Waals surface area contributed by atoms with Crippen molar-refractivity contribution >= 4 is 28.9 Å². The van der Waals surface area contributed by atoms with Crippen molar-refractivity contribution in [2.45, 2.75) is 26.7 Å². The first-order valence-corrected chi connectivity index (χ1v) is 5.05. The molecular weight excluding hydrogens is 224 g/mol. The Morgan fingerprint density at radius 2 is 1.71 bits per heavy atom. The summed E-state index contributed by atoms with van der Waals surface area (Å²) >= 11 is 11.7. The van der Waals surface area contributed by atoms with Crippen molar-refractivity contribution in [3.8, 4) is 0 Å². The van der Waals surface area contributed by atoms with Gasteiger partial charge in [-0.25, -0.2) is 4.39 Å². The lowest BCUT2D eigenvalue weighted by Crippen LogP contribution is -2.03. The van der Waals surface area contributed by atoms with Crippen LogP contribution in [0.5, 0.6) is 0 Å². The molecule has 0 bridgehead atoms. The molecule has 2 N–H and O–H groups in total. The zero-order valence-corrected chi connectivity index (χ0v) is 9.80. The van der Waals surface area contributed by atoms with E-state index in [1.54, 1.807) is 6.92 Å². The first-order valence-electron chi connectivity index (χ1n) is 4.30. The number of halogens is 3. The minimum Gasteiger partial charge on any atom is -0.397 e. The molecule has 0 amide bonds. The fraction of sp³-hybridized carbons (Fsp3) is 0.400. The smallest absolute Gasteiger partial charge is 0.146 e. The summed E-state index contributed by atoms with van der Waals surface area (Å²) in [5.41, 5.74) is 7.04. The Labute approximate surface area is 93.0 Å². The van der Waals surface area contributed by atoms with Crippen LogP contribution in [0.2, 0.25) is 10.0 Å². The molecule has 0 aromatic heterocycles. The third-order valence-corrected chi connectivity index (χ3v) is 3.05. The van der Waals surface area contributed by atoms with E-state index in [-0.39, 0.29) is 16.0 Å². The minimum atomic E-state index is -0.477. The number of anilines is 1. The second-order valence-electron chi connectivity index (χ2n) is 3.55. The van der Waals surface area contributed by atoms with E-state index in [0.717, 1.165) is 0 Å². The summed E-state index contributed by atoms with van der Waals surface area (Å²) in [5, 5.41) is 0.343. The van der Waals surface area contributed by atoms with Gasteiger partial charge >= 0.3 is 0 Å². The second kappa shape index (κ2) is 3.95. The summed E-state index contributed by atoms with van der Waals surface area (Å²) in [4.78, 5) is 0. The van der Waals surface area contributed by atoms with E-state index >= 15 is 0 Å². The van der Waals surface area contributed by atoms with E-state index in [4.69, 9.17) is 28.9 Å². The number of benzene rings is 1. The molecule has 0 saturated heterocycles. The lowest BCUT2D eigenvalue weighted by atomic mass is 9.99. The van der Waals surface area contributed by atoms with E-state index in [9.17, 15) is 4.39 Å². The van der Waals surface area contributed by atoms with Crippen LogP contribution in [0.3, 0.4) is 0 Å². The molecule has 0 aliphatic rings. The molecule has 1 rings (SSSR count). The molecule has 0 aliphatic carbocycles. The Balaban J connectivity index is 3.60. The summed E-state index contributed by atoms with van der Waals surface area (Å²) in [6, 6.07) is 0. The van der Waals surface area contributed by atoms with Crippen molar-refractivity contribution < 1.29 is 4.39 Å². The van der Waals surface area contributed by atoms with Crippen LogP contribution in [0, 0.1) is 12.7 Å². The summed E-state index contributed by atoms with van der Waals surface area (Å²) in [6.45, 7) is 5.34. The van der Waals surface area contributed by atoms with E-state index in [1.807, 2.05) is 13.8 Å². The number of nitrogen functional groups attached to an aromatic ring is 1. The van der Waals surface area contributed by atoms with Gasteiger partial charge in [0.05, 0.1) is 15.7 Å². The Morgan fingerprint density at radius 3 is 2.14 bits per heavy atom. The molecule has 1 aromatic rings. The molecule has 4 heteroatoms. The van der Waals surface area contributed by atoms with Crippen molar-refractivity contribution in [3.05, 3.63) is 27.0 Å². The average Bonchev–Trinajstić information content (AvgIpc) is 2.11. The van der Waals surface area contributed by atoms with E-state index in [1.165, 1.54) is 0 Å². The van der Waals surface area contributed by atoms with Crippen LogP contribution in [0.25, 0.3) is 0 Å². The molecule has 0 atom stereocenters. The first kappa shape index (κ1) is 11.6. The molecule has 0 saturated carbocycles. The van der Waals surface area contributed by atoms with Gasteiger partial charge in [-0.05, 0) is 12.8 Å². The molecule has 0 fully saturated rings. The number of rotatable bonds is 1. The summed E-state index contributed by atoms with van der Waals surface area (Å²) in [7, 11) is 0. The van der Waals surface area contributed by atoms with Gasteiger partial charge in [0.25, 0.3) is 0 Å². The Bertz CT molecular complexity index is 346. The third-order valence-electron chi connectivity index (χ3n) is 2.19. The van der Waals surface area contributed by atoms with Crippen LogP contribution in [0.15, 0.2) is 0 Å². The number of hydrogen-bond donors (Lipinski definition) is 1. The molecule has 0 aliphatic heterocycles. The number of hydrogen-bond acceptors (Lipinski definition) is 1. The van der Waals surface area contributed by atoms with Crippen LogP contribution in [-0.2, 0) is 0 Å². The van der Waals surface area contributed by atoms with Gasteiger partial charge in [-0.15, -0.1) is 0 Å². The van der Waals surface area contributed by atoms with Crippen molar-refractivity contribution in [2.75, 3.05) is 5.73 Å². The molecule has 0 spiro atoms. The van der Waals surface area contributed by atoms with Crippen molar-refractivity contribution in [1.29, 1.82) is 0 Å². The fourth-order valence-corrected chi connectivity index (χ4v) is 2.03. The number of nitrogens with two attached hydrogens (primary N) is 1. The molecule has 1 aromatic carbocycles. The predicted molar refractivity (Wildman–Crippen MR) is 59.7 cm³/mol. The van der Waals surface area contributed by atoms with Gasteiger partial charge in [-0.2, -0.15) is 0 Å². The largest absolute Gasteiger partial charge is 0.397 e. The molecule has 14 heavy (non-hydrogen) atoms. The third kappa shape index (κ3) is 1.69. The van der Waals surface area contributed by atoms with Crippen molar-refractivity contribution in [1.82, 2.24) is 0 Å². The Morgan fingerprint density at radius 1 is 1.21 bits per heavy atom. The van der Waals surface area contributed by atoms with Crippen LogP contribution >= 0.6 is 23.2 Å². The summed E-state index contributed by atoms with van der Waals surface area (Å²) in [6.07, 6.45) is 0. The van der Waals surface area contributed by atoms with Crippen LogP contribution in [0.4, 0.5) is 10.1 Å². The highest BCUT2D eigenvalue weighted by atomic mass is 35.5. The second-order valence-corrected chi connectivity index (χ2v) is 4.30. The zero-order valence-electron chi connectivity index (χ0n) is 8.29. The van der Waals surface area contributed by atoms with Crippen molar-refractivity contribution in [2.24, 2.45) is 0 Å². The van der Waals surface area contributed by atoms with Gasteiger partial charge in [0.15, 0.2) is 0 Å². The quantitative estimate of drug-likeness (QED) is 0.575. The molecule has 1 nitrogen and oxygen atoms in total. The van der Waals surface area contributed by atoms with E-state index < -0.39 is 5.82 Å². The van der Waals surface area contributed by atoms with Crippen LogP contribution < -0.4 is 5.73 Å². The lowest BCUT2D eigenvalue weighted by molar-refractivity contribution is 0.615. The highest BCUT2D eigenvalue weighted by Gasteiger charge is 2.19. The molecular formula is C10H12Cl2FN. The maximum absolute atomic E-state index is 13.5. The summed E-state index contributed by atoms with van der Waals surface area (Å²) < 4.78 is 13.5. The maximum atomic E-state index is 13.5. The van der Waals surface area contributed by atoms with Gasteiger partial charge < -0.3 is 5.73 Å². The topological polar surface area (TPSA) is 26.0 Å². The zero-order chi connectivity index (χ0) is 11.0.